The third-order valence-electron chi connectivity index (χ3n) is 1.17. The minimum Gasteiger partial charge on any atom is -0.465 e. The van der Waals surface area contributed by atoms with Crippen molar-refractivity contribution in [3.8, 4) is 0 Å². The summed E-state index contributed by atoms with van der Waals surface area (Å²) in [6.45, 7) is -0.864. The van der Waals surface area contributed by atoms with Crippen LogP contribution >= 0.6 is 0 Å². The average Bonchev–Trinajstić information content (AvgIpc) is 2.12. The Labute approximate surface area is 90.3 Å². The summed E-state index contributed by atoms with van der Waals surface area (Å²) >= 11 is 0. The van der Waals surface area contributed by atoms with Gasteiger partial charge in [0, 0.05) is 0 Å². The largest absolute Gasteiger partial charge is 0.465 e. The Balaban J connectivity index is 4.02. The van der Waals surface area contributed by atoms with Crippen LogP contribution in [-0.4, -0.2) is 40.3 Å². The van der Waals surface area contributed by atoms with E-state index in [2.05, 4.69) is 4.74 Å². The Morgan fingerprint density at radius 1 is 1.31 bits per heavy atom. The number of esters is 1. The van der Waals surface area contributed by atoms with Gasteiger partial charge in [-0.3, -0.25) is 4.79 Å². The van der Waals surface area contributed by atoms with Crippen molar-refractivity contribution in [1.29, 1.82) is 0 Å². The highest BCUT2D eigenvalue weighted by molar-refractivity contribution is 7.87. The van der Waals surface area contributed by atoms with Crippen LogP contribution < -0.4 is 9.44 Å². The normalized spacial score (nSPS) is 12.5. The maximum absolute atomic E-state index is 11.7. The zero-order valence-corrected chi connectivity index (χ0v) is 9.11. The molecule has 0 aromatic rings. The molecule has 0 bridgehead atoms. The van der Waals surface area contributed by atoms with Crippen molar-refractivity contribution in [1.82, 2.24) is 9.44 Å². The lowest BCUT2D eigenvalue weighted by Crippen LogP contribution is -2.43. The van der Waals surface area contributed by atoms with E-state index in [1.807, 2.05) is 0 Å². The molecule has 10 heteroatoms. The molecule has 0 spiro atoms. The second-order valence-electron chi connectivity index (χ2n) is 2.57. The lowest BCUT2D eigenvalue weighted by Gasteiger charge is -2.09. The fourth-order valence-corrected chi connectivity index (χ4v) is 1.36. The summed E-state index contributed by atoms with van der Waals surface area (Å²) in [6, 6.07) is 0. The summed E-state index contributed by atoms with van der Waals surface area (Å²) < 4.78 is 63.9. The van der Waals surface area contributed by atoms with Crippen LogP contribution in [0.2, 0.25) is 0 Å². The zero-order chi connectivity index (χ0) is 12.8. The van der Waals surface area contributed by atoms with Crippen molar-refractivity contribution in [2.75, 3.05) is 19.7 Å². The van der Waals surface area contributed by atoms with Crippen molar-refractivity contribution >= 4 is 16.2 Å². The van der Waals surface area contributed by atoms with E-state index in [9.17, 15) is 26.4 Å². The summed E-state index contributed by atoms with van der Waals surface area (Å²) in [6.07, 6.45) is -4.65. The van der Waals surface area contributed by atoms with Gasteiger partial charge in [-0.15, -0.1) is 0 Å². The number of alkyl halides is 3. The van der Waals surface area contributed by atoms with Crippen LogP contribution in [0.5, 0.6) is 0 Å². The first-order chi connectivity index (χ1) is 7.16. The standard InChI is InChI=1S/C6H11F3N2O4S/c1-2-15-5(12)3-10-16(13,14)11-4-6(7,8)9/h10-11H,2-4H2,1H3. The predicted molar refractivity (Wildman–Crippen MR) is 47.6 cm³/mol. The van der Waals surface area contributed by atoms with E-state index in [4.69, 9.17) is 0 Å². The van der Waals surface area contributed by atoms with Crippen LogP contribution in [0.1, 0.15) is 6.92 Å². The number of carbonyl (C=O) groups excluding carboxylic acids is 1. The molecule has 0 aromatic carbocycles. The van der Waals surface area contributed by atoms with Gasteiger partial charge < -0.3 is 4.74 Å². The summed E-state index contributed by atoms with van der Waals surface area (Å²) in [5.41, 5.74) is 0. The van der Waals surface area contributed by atoms with Crippen LogP contribution in [0.25, 0.3) is 0 Å². The van der Waals surface area contributed by atoms with Gasteiger partial charge in [0.1, 0.15) is 13.1 Å². The first-order valence-corrected chi connectivity index (χ1v) is 5.61. The van der Waals surface area contributed by atoms with Crippen molar-refractivity contribution < 1.29 is 31.1 Å². The molecule has 2 N–H and O–H groups in total. The van der Waals surface area contributed by atoms with Crippen molar-refractivity contribution in [2.24, 2.45) is 0 Å². The number of hydrogen-bond acceptors (Lipinski definition) is 4. The van der Waals surface area contributed by atoms with E-state index in [0.717, 1.165) is 0 Å². The molecule has 16 heavy (non-hydrogen) atoms. The van der Waals surface area contributed by atoms with E-state index >= 15 is 0 Å². The fourth-order valence-electron chi connectivity index (χ4n) is 0.594. The number of ether oxygens (including phenoxy) is 1. The Hall–Kier alpha value is -0.870. The van der Waals surface area contributed by atoms with E-state index < -0.39 is 35.4 Å². The van der Waals surface area contributed by atoms with Crippen molar-refractivity contribution in [3.05, 3.63) is 0 Å². The van der Waals surface area contributed by atoms with Crippen molar-refractivity contribution in [3.63, 3.8) is 0 Å². The maximum atomic E-state index is 11.7. The lowest BCUT2D eigenvalue weighted by atomic mass is 10.7. The molecule has 0 aliphatic rings. The summed E-state index contributed by atoms with van der Waals surface area (Å²) in [5, 5.41) is 0. The minimum atomic E-state index is -4.65. The monoisotopic (exact) mass is 264 g/mol. The molecule has 0 atom stereocenters. The number of nitrogens with one attached hydrogen (secondary N) is 2. The van der Waals surface area contributed by atoms with Crippen LogP contribution in [0.15, 0.2) is 0 Å². The second kappa shape index (κ2) is 6.01. The fraction of sp³-hybridized carbons (Fsp3) is 0.833. The third-order valence-corrected chi connectivity index (χ3v) is 2.22. The SMILES string of the molecule is CCOC(=O)CNS(=O)(=O)NCC(F)(F)F. The molecule has 0 saturated carbocycles. The number of rotatable bonds is 6. The molecule has 96 valence electrons. The molecule has 0 amide bonds. The highest BCUT2D eigenvalue weighted by atomic mass is 32.2. The lowest BCUT2D eigenvalue weighted by molar-refractivity contribution is -0.141. The van der Waals surface area contributed by atoms with E-state index in [1.54, 1.807) is 4.72 Å². The Morgan fingerprint density at radius 3 is 2.31 bits per heavy atom. The molecule has 0 aliphatic heterocycles. The van der Waals surface area contributed by atoms with Gasteiger partial charge in [-0.05, 0) is 6.92 Å². The van der Waals surface area contributed by atoms with Gasteiger partial charge in [-0.25, -0.2) is 0 Å². The Kier molecular flexibility index (Phi) is 5.68. The smallest absolute Gasteiger partial charge is 0.402 e. The average molecular weight is 264 g/mol. The minimum absolute atomic E-state index is 0.0521. The van der Waals surface area contributed by atoms with E-state index in [-0.39, 0.29) is 6.61 Å². The van der Waals surface area contributed by atoms with Gasteiger partial charge in [0.15, 0.2) is 0 Å². The summed E-state index contributed by atoms with van der Waals surface area (Å²) in [4.78, 5) is 10.7. The zero-order valence-electron chi connectivity index (χ0n) is 8.30. The summed E-state index contributed by atoms with van der Waals surface area (Å²) in [5.74, 6) is -0.875. The molecule has 0 radical (unpaired) electrons. The van der Waals surface area contributed by atoms with Crippen LogP contribution in [0, 0.1) is 0 Å². The Morgan fingerprint density at radius 2 is 1.88 bits per heavy atom. The first kappa shape index (κ1) is 15.1. The molecule has 0 fully saturated rings. The molecule has 6 nitrogen and oxygen atoms in total. The van der Waals surface area contributed by atoms with Crippen molar-refractivity contribution in [2.45, 2.75) is 13.1 Å². The number of carbonyl (C=O) groups is 1. The van der Waals surface area contributed by atoms with Gasteiger partial charge in [-0.2, -0.15) is 31.0 Å². The molecule has 0 heterocycles. The molecule has 0 unspecified atom stereocenters. The molecule has 0 rings (SSSR count). The van der Waals surface area contributed by atoms with Crippen LogP contribution in [0.3, 0.4) is 0 Å². The topological polar surface area (TPSA) is 84.5 Å². The second-order valence-corrected chi connectivity index (χ2v) is 4.15. The van der Waals surface area contributed by atoms with E-state index in [1.165, 1.54) is 11.6 Å². The van der Waals surface area contributed by atoms with Gasteiger partial charge in [0.2, 0.25) is 0 Å². The maximum Gasteiger partial charge on any atom is 0.402 e. The first-order valence-electron chi connectivity index (χ1n) is 4.13. The quantitative estimate of drug-likeness (QED) is 0.635. The van der Waals surface area contributed by atoms with Gasteiger partial charge >= 0.3 is 12.1 Å². The van der Waals surface area contributed by atoms with Gasteiger partial charge in [0.05, 0.1) is 6.61 Å². The molecule has 0 aliphatic carbocycles. The Bertz CT molecular complexity index is 327. The highest BCUT2D eigenvalue weighted by Crippen LogP contribution is 2.12. The summed E-state index contributed by atoms with van der Waals surface area (Å²) in [7, 11) is -4.35. The molecule has 0 aromatic heterocycles. The van der Waals surface area contributed by atoms with Crippen LogP contribution in [0.4, 0.5) is 13.2 Å². The van der Waals surface area contributed by atoms with E-state index in [0.29, 0.717) is 0 Å². The van der Waals surface area contributed by atoms with Gasteiger partial charge in [0.25, 0.3) is 10.2 Å². The molecular formula is C6H11F3N2O4S. The number of hydrogen-bond donors (Lipinski definition) is 2. The van der Waals surface area contributed by atoms with Crippen LogP contribution in [-0.2, 0) is 19.7 Å². The van der Waals surface area contributed by atoms with Gasteiger partial charge in [-0.1, -0.05) is 0 Å². The molecular weight excluding hydrogens is 253 g/mol. The number of halogens is 3. The predicted octanol–water partition coefficient (Wildman–Crippen LogP) is -0.464. The third kappa shape index (κ3) is 8.44. The molecule has 0 saturated heterocycles. The highest BCUT2D eigenvalue weighted by Gasteiger charge is 2.29.